The maximum atomic E-state index is 14.0. The van der Waals surface area contributed by atoms with Crippen LogP contribution in [-0.2, 0) is 0 Å². The van der Waals surface area contributed by atoms with Crippen LogP contribution < -0.4 is 5.32 Å². The quantitative estimate of drug-likeness (QED) is 0.594. The number of carboxylic acid groups (broad SMARTS) is 1. The molecule has 0 saturated carbocycles. The van der Waals surface area contributed by atoms with E-state index in [-0.39, 0.29) is 22.1 Å². The Morgan fingerprint density at radius 2 is 2.18 bits per heavy atom. The molecule has 3 aromatic rings. The van der Waals surface area contributed by atoms with E-state index in [1.54, 1.807) is 6.07 Å². The zero-order chi connectivity index (χ0) is 15.9. The number of pyridine rings is 1. The Hall–Kier alpha value is -2.19. The third-order valence-electron chi connectivity index (χ3n) is 2.92. The molecular formula is C13H7BrClFN4O2. The Morgan fingerprint density at radius 3 is 2.91 bits per heavy atom. The summed E-state index contributed by atoms with van der Waals surface area (Å²) in [5.74, 6) is -1.66. The number of hydrogen-bond donors (Lipinski definition) is 3. The van der Waals surface area contributed by atoms with Gasteiger partial charge >= 0.3 is 5.97 Å². The Kier molecular flexibility index (Phi) is 3.71. The number of nitrogens with zero attached hydrogens (tertiary/aromatic N) is 2. The van der Waals surface area contributed by atoms with Crippen LogP contribution in [0.4, 0.5) is 15.9 Å². The normalized spacial score (nSPS) is 10.9. The van der Waals surface area contributed by atoms with Gasteiger partial charge in [0.25, 0.3) is 0 Å². The van der Waals surface area contributed by atoms with E-state index >= 15 is 0 Å². The van der Waals surface area contributed by atoms with Crippen molar-refractivity contribution in [2.45, 2.75) is 0 Å². The maximum Gasteiger partial charge on any atom is 0.337 e. The number of aromatic carboxylic acids is 1. The van der Waals surface area contributed by atoms with Crippen molar-refractivity contribution in [3.63, 3.8) is 0 Å². The molecule has 1 aromatic carbocycles. The van der Waals surface area contributed by atoms with Crippen LogP contribution in [0.25, 0.3) is 11.0 Å². The van der Waals surface area contributed by atoms with Gasteiger partial charge in [-0.1, -0.05) is 11.6 Å². The Labute approximate surface area is 136 Å². The van der Waals surface area contributed by atoms with Crippen LogP contribution in [0.15, 0.2) is 29.1 Å². The summed E-state index contributed by atoms with van der Waals surface area (Å²) < 4.78 is 14.5. The number of imidazole rings is 1. The lowest BCUT2D eigenvalue weighted by molar-refractivity contribution is 0.0697. The highest BCUT2D eigenvalue weighted by Crippen LogP contribution is 2.29. The Balaban J connectivity index is 2.10. The Morgan fingerprint density at radius 1 is 1.41 bits per heavy atom. The molecule has 0 radical (unpaired) electrons. The topological polar surface area (TPSA) is 90.9 Å². The first-order valence-corrected chi connectivity index (χ1v) is 7.12. The number of aromatic nitrogens is 3. The van der Waals surface area contributed by atoms with Crippen LogP contribution in [0.5, 0.6) is 0 Å². The molecule has 0 bridgehead atoms. The highest BCUT2D eigenvalue weighted by Gasteiger charge is 2.16. The van der Waals surface area contributed by atoms with Crippen molar-refractivity contribution in [3.8, 4) is 0 Å². The van der Waals surface area contributed by atoms with Gasteiger partial charge in [0.15, 0.2) is 5.82 Å². The summed E-state index contributed by atoms with van der Waals surface area (Å²) in [7, 11) is 0. The van der Waals surface area contributed by atoms with Crippen molar-refractivity contribution < 1.29 is 14.3 Å². The zero-order valence-corrected chi connectivity index (χ0v) is 13.0. The second-order valence-corrected chi connectivity index (χ2v) is 5.55. The van der Waals surface area contributed by atoms with Gasteiger partial charge in [0.1, 0.15) is 15.9 Å². The minimum absolute atomic E-state index is 0.0586. The van der Waals surface area contributed by atoms with E-state index in [4.69, 9.17) is 16.7 Å². The van der Waals surface area contributed by atoms with Crippen LogP contribution in [0.3, 0.4) is 0 Å². The molecule has 0 unspecified atom stereocenters. The van der Waals surface area contributed by atoms with Gasteiger partial charge in [-0.3, -0.25) is 0 Å². The van der Waals surface area contributed by atoms with Gasteiger partial charge in [0, 0.05) is 0 Å². The fourth-order valence-electron chi connectivity index (χ4n) is 1.94. The molecular weight excluding hydrogens is 379 g/mol. The van der Waals surface area contributed by atoms with Crippen molar-refractivity contribution in [2.75, 3.05) is 5.32 Å². The van der Waals surface area contributed by atoms with Crippen LogP contribution in [0, 0.1) is 5.82 Å². The first-order chi connectivity index (χ1) is 10.5. The van der Waals surface area contributed by atoms with Crippen LogP contribution in [-0.4, -0.2) is 26.0 Å². The van der Waals surface area contributed by atoms with E-state index in [1.165, 1.54) is 6.33 Å². The molecule has 22 heavy (non-hydrogen) atoms. The fourth-order valence-corrected chi connectivity index (χ4v) is 2.57. The number of anilines is 2. The molecule has 0 saturated heterocycles. The van der Waals surface area contributed by atoms with Crippen molar-refractivity contribution in [1.82, 2.24) is 15.0 Å². The number of nitrogens with one attached hydrogen (secondary N) is 2. The smallest absolute Gasteiger partial charge is 0.337 e. The predicted molar refractivity (Wildman–Crippen MR) is 83.2 cm³/mol. The average molecular weight is 386 g/mol. The van der Waals surface area contributed by atoms with Crippen LogP contribution in [0.2, 0.25) is 5.02 Å². The van der Waals surface area contributed by atoms with Crippen LogP contribution in [0.1, 0.15) is 10.4 Å². The highest BCUT2D eigenvalue weighted by molar-refractivity contribution is 9.10. The molecule has 0 aliphatic rings. The molecule has 6 nitrogen and oxygen atoms in total. The fraction of sp³-hybridized carbons (Fsp3) is 0. The summed E-state index contributed by atoms with van der Waals surface area (Å²) in [5, 5.41) is 11.6. The lowest BCUT2D eigenvalue weighted by atomic mass is 10.2. The number of fused-ring (bicyclic) bond motifs is 1. The highest BCUT2D eigenvalue weighted by atomic mass is 79.9. The number of carboxylic acids is 1. The largest absolute Gasteiger partial charge is 0.478 e. The van der Waals surface area contributed by atoms with Gasteiger partial charge in [-0.2, -0.15) is 0 Å². The maximum absolute atomic E-state index is 14.0. The van der Waals surface area contributed by atoms with Crippen molar-refractivity contribution in [1.29, 1.82) is 0 Å². The van der Waals surface area contributed by atoms with Gasteiger partial charge in [-0.05, 0) is 34.1 Å². The van der Waals surface area contributed by atoms with Gasteiger partial charge in [0.2, 0.25) is 0 Å². The second-order valence-electron chi connectivity index (χ2n) is 4.33. The number of hydrogen-bond acceptors (Lipinski definition) is 4. The lowest BCUT2D eigenvalue weighted by Crippen LogP contribution is -2.03. The number of H-pyrrole nitrogens is 1. The van der Waals surface area contributed by atoms with Gasteiger partial charge in [-0.15, -0.1) is 0 Å². The lowest BCUT2D eigenvalue weighted by Gasteiger charge is -2.10. The van der Waals surface area contributed by atoms with E-state index in [1.807, 2.05) is 0 Å². The van der Waals surface area contributed by atoms with Crippen molar-refractivity contribution >= 4 is 56.0 Å². The second kappa shape index (κ2) is 5.54. The van der Waals surface area contributed by atoms with Gasteiger partial charge in [-0.25, -0.2) is 19.2 Å². The standard InChI is InChI=1S/C13H7BrClFN4O2/c14-10-3-9-11(18-4-17-9)12(20-10)19-8-1-5(13(21)22)6(15)2-7(8)16/h1-4H,(H,17,18)(H,19,20)(H,21,22). The van der Waals surface area contributed by atoms with Gasteiger partial charge < -0.3 is 15.4 Å². The summed E-state index contributed by atoms with van der Waals surface area (Å²) in [6, 6.07) is 3.77. The number of rotatable bonds is 3. The first-order valence-electron chi connectivity index (χ1n) is 5.94. The van der Waals surface area contributed by atoms with Crippen molar-refractivity contribution in [2.24, 2.45) is 0 Å². The SMILES string of the molecule is O=C(O)c1cc(Nc2nc(Br)cc3[nH]cnc23)c(F)cc1Cl. The first kappa shape index (κ1) is 14.7. The van der Waals surface area contributed by atoms with E-state index in [0.717, 1.165) is 12.1 Å². The van der Waals surface area contributed by atoms with E-state index < -0.39 is 11.8 Å². The number of carbonyl (C=O) groups is 1. The molecule has 112 valence electrons. The summed E-state index contributed by atoms with van der Waals surface area (Å²) in [5.41, 5.74) is 0.919. The molecule has 0 spiro atoms. The predicted octanol–water partition coefficient (Wildman–Crippen LogP) is 3.95. The molecule has 0 aliphatic heterocycles. The number of aromatic amines is 1. The van der Waals surface area contributed by atoms with E-state index in [2.05, 4.69) is 36.2 Å². The third kappa shape index (κ3) is 2.62. The number of benzene rings is 1. The molecule has 2 aromatic heterocycles. The molecule has 2 heterocycles. The molecule has 0 atom stereocenters. The van der Waals surface area contributed by atoms with Crippen molar-refractivity contribution in [3.05, 3.63) is 45.5 Å². The molecule has 0 amide bonds. The molecule has 0 fully saturated rings. The summed E-state index contributed by atoms with van der Waals surface area (Å²) >= 11 is 8.95. The van der Waals surface area contributed by atoms with E-state index in [9.17, 15) is 9.18 Å². The minimum atomic E-state index is -1.25. The molecule has 9 heteroatoms. The van der Waals surface area contributed by atoms with Crippen LogP contribution >= 0.6 is 27.5 Å². The molecule has 3 N–H and O–H groups in total. The molecule has 0 aliphatic carbocycles. The Bertz CT molecular complexity index is 899. The average Bonchev–Trinajstić information content (AvgIpc) is 2.89. The summed E-state index contributed by atoms with van der Waals surface area (Å²) in [6.07, 6.45) is 1.48. The van der Waals surface area contributed by atoms with E-state index in [0.29, 0.717) is 15.6 Å². The molecule has 3 rings (SSSR count). The minimum Gasteiger partial charge on any atom is -0.478 e. The third-order valence-corrected chi connectivity index (χ3v) is 3.63. The summed E-state index contributed by atoms with van der Waals surface area (Å²) in [6.45, 7) is 0. The zero-order valence-electron chi connectivity index (χ0n) is 10.7. The number of halogens is 3. The van der Waals surface area contributed by atoms with Gasteiger partial charge in [0.05, 0.1) is 28.1 Å². The monoisotopic (exact) mass is 384 g/mol. The summed E-state index contributed by atoms with van der Waals surface area (Å²) in [4.78, 5) is 22.3.